The Morgan fingerprint density at radius 3 is 3.15 bits per heavy atom. The van der Waals surface area contributed by atoms with Crippen LogP contribution in [0.25, 0.3) is 10.1 Å². The maximum absolute atomic E-state index is 8.78. The number of aromatic nitrogens is 1. The fourth-order valence-corrected chi connectivity index (χ4v) is 2.02. The first-order valence-corrected chi connectivity index (χ1v) is 4.47. The third-order valence-corrected chi connectivity index (χ3v) is 2.67. The minimum Gasteiger partial charge on any atom is -0.307 e. The van der Waals surface area contributed by atoms with Crippen molar-refractivity contribution in [3.8, 4) is 6.07 Å². The van der Waals surface area contributed by atoms with E-state index in [4.69, 9.17) is 11.1 Å². The molecule has 4 nitrogen and oxygen atoms in total. The molecule has 0 radical (unpaired) electrons. The number of nitrogens with two attached hydrogens (primary N) is 1. The van der Waals surface area contributed by atoms with Crippen LogP contribution in [0.15, 0.2) is 17.6 Å². The number of pyridine rings is 1. The molecule has 64 valence electrons. The maximum atomic E-state index is 8.78. The number of anilines is 1. The Kier molecular flexibility index (Phi) is 1.85. The van der Waals surface area contributed by atoms with Gasteiger partial charge < -0.3 is 5.43 Å². The molecule has 0 atom stereocenters. The Morgan fingerprint density at radius 1 is 1.62 bits per heavy atom. The Balaban J connectivity index is 2.83. The predicted octanol–water partition coefficient (Wildman–Crippen LogP) is 1.45. The lowest BCUT2D eigenvalue weighted by Gasteiger charge is -2.00. The number of nitrogens with one attached hydrogen (secondary N) is 1. The summed E-state index contributed by atoms with van der Waals surface area (Å²) in [5, 5.41) is 11.6. The molecule has 13 heavy (non-hydrogen) atoms. The summed E-state index contributed by atoms with van der Waals surface area (Å²) in [6, 6.07) is 3.97. The molecule has 0 aliphatic carbocycles. The SMILES string of the molecule is N#Cc1cnc(NN)c2sccc12. The van der Waals surface area contributed by atoms with E-state index in [0.717, 1.165) is 10.1 Å². The summed E-state index contributed by atoms with van der Waals surface area (Å²) in [7, 11) is 0. The van der Waals surface area contributed by atoms with Crippen molar-refractivity contribution in [2.75, 3.05) is 5.43 Å². The van der Waals surface area contributed by atoms with Crippen LogP contribution in [-0.2, 0) is 0 Å². The topological polar surface area (TPSA) is 74.7 Å². The van der Waals surface area contributed by atoms with Crippen LogP contribution >= 0.6 is 11.3 Å². The van der Waals surface area contributed by atoms with E-state index in [9.17, 15) is 0 Å². The second-order valence-electron chi connectivity index (χ2n) is 2.44. The quantitative estimate of drug-likeness (QED) is 0.527. The maximum Gasteiger partial charge on any atom is 0.158 e. The summed E-state index contributed by atoms with van der Waals surface area (Å²) in [5.74, 6) is 5.89. The van der Waals surface area contributed by atoms with Gasteiger partial charge >= 0.3 is 0 Å². The lowest BCUT2D eigenvalue weighted by Crippen LogP contribution is -2.08. The summed E-state index contributed by atoms with van der Waals surface area (Å²) in [5.41, 5.74) is 3.08. The molecule has 0 saturated carbocycles. The van der Waals surface area contributed by atoms with E-state index in [2.05, 4.69) is 16.5 Å². The summed E-state index contributed by atoms with van der Waals surface area (Å²) in [6.45, 7) is 0. The van der Waals surface area contributed by atoms with Crippen molar-refractivity contribution in [3.63, 3.8) is 0 Å². The summed E-state index contributed by atoms with van der Waals surface area (Å²) >= 11 is 1.51. The van der Waals surface area contributed by atoms with Gasteiger partial charge in [0.25, 0.3) is 0 Å². The molecule has 0 bridgehead atoms. The second-order valence-corrected chi connectivity index (χ2v) is 3.36. The number of nitrogens with zero attached hydrogens (tertiary/aromatic N) is 2. The lowest BCUT2D eigenvalue weighted by molar-refractivity contribution is 1.25. The fourth-order valence-electron chi connectivity index (χ4n) is 1.15. The number of nitrogen functional groups attached to an aromatic ring is 1. The van der Waals surface area contributed by atoms with Gasteiger partial charge in [-0.25, -0.2) is 10.8 Å². The van der Waals surface area contributed by atoms with Gasteiger partial charge in [-0.05, 0) is 11.4 Å². The zero-order valence-electron chi connectivity index (χ0n) is 6.61. The van der Waals surface area contributed by atoms with Crippen LogP contribution in [0, 0.1) is 11.3 Å². The van der Waals surface area contributed by atoms with Crippen molar-refractivity contribution in [1.29, 1.82) is 5.26 Å². The van der Waals surface area contributed by atoms with Gasteiger partial charge in [0, 0.05) is 11.6 Å². The Bertz CT molecular complexity index is 482. The molecule has 0 fully saturated rings. The van der Waals surface area contributed by atoms with E-state index in [0.29, 0.717) is 11.4 Å². The zero-order chi connectivity index (χ0) is 9.26. The molecule has 3 N–H and O–H groups in total. The highest BCUT2D eigenvalue weighted by atomic mass is 32.1. The Hall–Kier alpha value is -1.64. The predicted molar refractivity (Wildman–Crippen MR) is 52.1 cm³/mol. The third-order valence-electron chi connectivity index (χ3n) is 1.75. The number of thiophene rings is 1. The van der Waals surface area contributed by atoms with Crippen molar-refractivity contribution in [2.45, 2.75) is 0 Å². The van der Waals surface area contributed by atoms with Gasteiger partial charge in [-0.1, -0.05) is 0 Å². The standard InChI is InChI=1S/C8H6N4S/c9-3-5-4-11-8(12-10)7-6(5)1-2-13-7/h1-2,4H,10H2,(H,11,12). The molecule has 2 aromatic heterocycles. The van der Waals surface area contributed by atoms with Crippen LogP contribution in [-0.4, -0.2) is 4.98 Å². The first-order chi connectivity index (χ1) is 6.36. The Morgan fingerprint density at radius 2 is 2.46 bits per heavy atom. The Labute approximate surface area is 78.6 Å². The molecule has 2 aromatic rings. The van der Waals surface area contributed by atoms with Crippen LogP contribution in [0.1, 0.15) is 5.56 Å². The van der Waals surface area contributed by atoms with Gasteiger partial charge in [-0.3, -0.25) is 0 Å². The fraction of sp³-hybridized carbons (Fsp3) is 0. The highest BCUT2D eigenvalue weighted by Gasteiger charge is 2.06. The normalized spacial score (nSPS) is 9.85. The van der Waals surface area contributed by atoms with Crippen molar-refractivity contribution in [1.82, 2.24) is 4.98 Å². The summed E-state index contributed by atoms with van der Waals surface area (Å²) in [6.07, 6.45) is 1.52. The number of hydrogen-bond donors (Lipinski definition) is 2. The van der Waals surface area contributed by atoms with Gasteiger partial charge in [0.05, 0.1) is 10.3 Å². The first-order valence-electron chi connectivity index (χ1n) is 3.59. The molecule has 2 heterocycles. The second kappa shape index (κ2) is 3.01. The van der Waals surface area contributed by atoms with E-state index in [1.807, 2.05) is 11.4 Å². The molecular formula is C8H6N4S. The van der Waals surface area contributed by atoms with E-state index >= 15 is 0 Å². The third kappa shape index (κ3) is 1.13. The van der Waals surface area contributed by atoms with Crippen molar-refractivity contribution in [2.24, 2.45) is 5.84 Å². The largest absolute Gasteiger partial charge is 0.307 e. The zero-order valence-corrected chi connectivity index (χ0v) is 7.43. The lowest BCUT2D eigenvalue weighted by atomic mass is 10.2. The number of hydrazine groups is 1. The van der Waals surface area contributed by atoms with E-state index in [1.54, 1.807) is 0 Å². The van der Waals surface area contributed by atoms with Gasteiger partial charge in [-0.15, -0.1) is 11.3 Å². The monoisotopic (exact) mass is 190 g/mol. The molecule has 0 amide bonds. The van der Waals surface area contributed by atoms with Crippen molar-refractivity contribution in [3.05, 3.63) is 23.2 Å². The molecular weight excluding hydrogens is 184 g/mol. The van der Waals surface area contributed by atoms with Gasteiger partial charge in [-0.2, -0.15) is 5.26 Å². The number of nitriles is 1. The van der Waals surface area contributed by atoms with Crippen LogP contribution < -0.4 is 11.3 Å². The molecule has 0 aliphatic heterocycles. The van der Waals surface area contributed by atoms with Crippen LogP contribution in [0.3, 0.4) is 0 Å². The molecule has 0 unspecified atom stereocenters. The van der Waals surface area contributed by atoms with Crippen LogP contribution in [0.4, 0.5) is 5.82 Å². The van der Waals surface area contributed by atoms with Crippen LogP contribution in [0.2, 0.25) is 0 Å². The van der Waals surface area contributed by atoms with Crippen molar-refractivity contribution >= 4 is 27.2 Å². The van der Waals surface area contributed by atoms with Gasteiger partial charge in [0.2, 0.25) is 0 Å². The van der Waals surface area contributed by atoms with Crippen molar-refractivity contribution < 1.29 is 0 Å². The van der Waals surface area contributed by atoms with E-state index in [1.165, 1.54) is 17.5 Å². The first kappa shape index (κ1) is 7.98. The highest BCUT2D eigenvalue weighted by molar-refractivity contribution is 7.17. The molecule has 0 aliphatic rings. The number of rotatable bonds is 1. The highest BCUT2D eigenvalue weighted by Crippen LogP contribution is 2.28. The number of hydrogen-bond acceptors (Lipinski definition) is 5. The summed E-state index contributed by atoms with van der Waals surface area (Å²) < 4.78 is 0.918. The molecule has 0 spiro atoms. The van der Waals surface area contributed by atoms with E-state index < -0.39 is 0 Å². The van der Waals surface area contributed by atoms with Gasteiger partial charge in [0.15, 0.2) is 5.82 Å². The average Bonchev–Trinajstić information content (AvgIpc) is 2.64. The molecule has 0 aromatic carbocycles. The number of fused-ring (bicyclic) bond motifs is 1. The molecule has 0 saturated heterocycles. The molecule has 2 rings (SSSR count). The minimum atomic E-state index is 0.579. The average molecular weight is 190 g/mol. The smallest absolute Gasteiger partial charge is 0.158 e. The van der Waals surface area contributed by atoms with E-state index in [-0.39, 0.29) is 0 Å². The van der Waals surface area contributed by atoms with Gasteiger partial charge in [0.1, 0.15) is 6.07 Å². The molecule has 5 heteroatoms. The minimum absolute atomic E-state index is 0.579. The summed E-state index contributed by atoms with van der Waals surface area (Å²) in [4.78, 5) is 4.02. The van der Waals surface area contributed by atoms with Crippen LogP contribution in [0.5, 0.6) is 0 Å².